The molecule has 0 heterocycles. The van der Waals surface area contributed by atoms with Gasteiger partial charge in [0.2, 0.25) is 0 Å². The molecule has 2 atom stereocenters. The van der Waals surface area contributed by atoms with Gasteiger partial charge in [0.05, 0.1) is 0 Å². The van der Waals surface area contributed by atoms with Gasteiger partial charge in [-0.1, -0.05) is 30.3 Å². The number of nitrogens with zero attached hydrogens (tertiary/aromatic N) is 1. The highest BCUT2D eigenvalue weighted by molar-refractivity contribution is 7.74. The standard InChI is InChI=1S/C9H11NO5S/c1-10(15-16(13)14)8(9(11)12)7-5-3-2-4-6-7/h2-6,8H,1H3,(H,11,12)(H,13,14). The molecule has 6 nitrogen and oxygen atoms in total. The maximum atomic E-state index is 11.0. The maximum absolute atomic E-state index is 11.0. The van der Waals surface area contributed by atoms with Crippen molar-refractivity contribution in [2.75, 3.05) is 7.05 Å². The highest BCUT2D eigenvalue weighted by atomic mass is 32.2. The van der Waals surface area contributed by atoms with Crippen LogP contribution in [0, 0.1) is 0 Å². The summed E-state index contributed by atoms with van der Waals surface area (Å²) in [6.45, 7) is 0. The van der Waals surface area contributed by atoms with Crippen LogP contribution in [0.5, 0.6) is 0 Å². The van der Waals surface area contributed by atoms with E-state index in [1.165, 1.54) is 7.05 Å². The Labute approximate surface area is 94.9 Å². The number of aliphatic carboxylic acids is 1. The Hall–Kier alpha value is -1.28. The molecule has 1 rings (SSSR count). The van der Waals surface area contributed by atoms with Crippen LogP contribution in [0.2, 0.25) is 0 Å². The summed E-state index contributed by atoms with van der Waals surface area (Å²) in [6, 6.07) is 7.16. The highest BCUT2D eigenvalue weighted by Gasteiger charge is 2.26. The van der Waals surface area contributed by atoms with E-state index in [9.17, 15) is 9.00 Å². The first-order valence-corrected chi connectivity index (χ1v) is 5.35. The number of carboxylic acids is 1. The second-order valence-corrected chi connectivity index (χ2v) is 3.57. The topological polar surface area (TPSA) is 87.1 Å². The van der Waals surface area contributed by atoms with Crippen molar-refractivity contribution < 1.29 is 22.9 Å². The first kappa shape index (κ1) is 12.8. The monoisotopic (exact) mass is 245 g/mol. The Balaban J connectivity index is 2.92. The number of benzene rings is 1. The van der Waals surface area contributed by atoms with E-state index in [4.69, 9.17) is 9.66 Å². The van der Waals surface area contributed by atoms with E-state index in [1.54, 1.807) is 30.3 Å². The van der Waals surface area contributed by atoms with E-state index in [1.807, 2.05) is 0 Å². The Kier molecular flexibility index (Phi) is 4.56. The normalized spacial score (nSPS) is 14.7. The minimum atomic E-state index is -2.54. The molecule has 2 unspecified atom stereocenters. The quantitative estimate of drug-likeness (QED) is 0.589. The molecule has 0 spiro atoms. The van der Waals surface area contributed by atoms with Crippen LogP contribution in [0.25, 0.3) is 0 Å². The van der Waals surface area contributed by atoms with Crippen LogP contribution < -0.4 is 0 Å². The third kappa shape index (κ3) is 3.38. The van der Waals surface area contributed by atoms with E-state index in [-0.39, 0.29) is 0 Å². The molecule has 0 aliphatic rings. The summed E-state index contributed by atoms with van der Waals surface area (Å²) in [5.74, 6) is -1.17. The zero-order valence-corrected chi connectivity index (χ0v) is 9.26. The Morgan fingerprint density at radius 2 is 2.00 bits per heavy atom. The molecular weight excluding hydrogens is 234 g/mol. The molecule has 1 aromatic rings. The van der Waals surface area contributed by atoms with Crippen molar-refractivity contribution in [1.29, 1.82) is 0 Å². The molecule has 0 fully saturated rings. The minimum absolute atomic E-state index is 0.461. The summed E-state index contributed by atoms with van der Waals surface area (Å²) in [6.07, 6.45) is 0. The van der Waals surface area contributed by atoms with Gasteiger partial charge in [-0.25, -0.2) is 0 Å². The van der Waals surface area contributed by atoms with Gasteiger partial charge >= 0.3 is 17.3 Å². The van der Waals surface area contributed by atoms with Crippen molar-refractivity contribution in [2.45, 2.75) is 6.04 Å². The lowest BCUT2D eigenvalue weighted by molar-refractivity contribution is -0.156. The van der Waals surface area contributed by atoms with Gasteiger partial charge in [-0.05, 0) is 5.56 Å². The predicted molar refractivity (Wildman–Crippen MR) is 56.4 cm³/mol. The van der Waals surface area contributed by atoms with Crippen LogP contribution in [0.1, 0.15) is 11.6 Å². The van der Waals surface area contributed by atoms with Crippen LogP contribution in [-0.4, -0.2) is 31.9 Å². The van der Waals surface area contributed by atoms with Crippen LogP contribution in [-0.2, 0) is 20.4 Å². The summed E-state index contributed by atoms with van der Waals surface area (Å²) in [5, 5.41) is 9.83. The Morgan fingerprint density at radius 3 is 2.44 bits per heavy atom. The molecule has 0 saturated carbocycles. The molecular formula is C9H11NO5S. The number of carbonyl (C=O) groups is 1. The molecule has 0 aliphatic carbocycles. The molecule has 0 amide bonds. The lowest BCUT2D eigenvalue weighted by atomic mass is 10.1. The van der Waals surface area contributed by atoms with Crippen molar-refractivity contribution >= 4 is 17.3 Å². The molecule has 0 saturated heterocycles. The number of rotatable bonds is 5. The summed E-state index contributed by atoms with van der Waals surface area (Å²) in [5.41, 5.74) is 0.461. The van der Waals surface area contributed by atoms with E-state index in [0.29, 0.717) is 5.56 Å². The SMILES string of the molecule is CN(OS(=O)O)C(C(=O)O)c1ccccc1. The fraction of sp³-hybridized carbons (Fsp3) is 0.222. The van der Waals surface area contributed by atoms with Gasteiger partial charge in [0, 0.05) is 7.05 Å². The molecule has 88 valence electrons. The Morgan fingerprint density at radius 1 is 1.44 bits per heavy atom. The highest BCUT2D eigenvalue weighted by Crippen LogP contribution is 2.19. The molecule has 7 heteroatoms. The van der Waals surface area contributed by atoms with E-state index < -0.39 is 23.4 Å². The van der Waals surface area contributed by atoms with Crippen LogP contribution in [0.15, 0.2) is 30.3 Å². The van der Waals surface area contributed by atoms with Gasteiger partial charge < -0.3 is 5.11 Å². The van der Waals surface area contributed by atoms with Crippen molar-refractivity contribution in [2.24, 2.45) is 0 Å². The van der Waals surface area contributed by atoms with E-state index in [2.05, 4.69) is 4.28 Å². The van der Waals surface area contributed by atoms with Crippen molar-refractivity contribution in [3.8, 4) is 0 Å². The smallest absolute Gasteiger partial charge is 0.327 e. The fourth-order valence-electron chi connectivity index (χ4n) is 1.29. The van der Waals surface area contributed by atoms with Gasteiger partial charge in [-0.15, -0.1) is 0 Å². The Bertz CT molecular complexity index is 383. The first-order valence-electron chi connectivity index (χ1n) is 4.32. The lowest BCUT2D eigenvalue weighted by Crippen LogP contribution is -2.31. The first-order chi connectivity index (χ1) is 7.52. The zero-order valence-electron chi connectivity index (χ0n) is 8.44. The average Bonchev–Trinajstić information content (AvgIpc) is 2.17. The summed E-state index contributed by atoms with van der Waals surface area (Å²) in [7, 11) is 1.28. The minimum Gasteiger partial charge on any atom is -0.480 e. The molecule has 0 aliphatic heterocycles. The summed E-state index contributed by atoms with van der Waals surface area (Å²) >= 11 is -2.54. The van der Waals surface area contributed by atoms with Gasteiger partial charge in [-0.3, -0.25) is 9.35 Å². The van der Waals surface area contributed by atoms with E-state index in [0.717, 1.165) is 5.06 Å². The molecule has 0 aromatic heterocycles. The third-order valence-electron chi connectivity index (χ3n) is 1.89. The molecule has 0 radical (unpaired) electrons. The average molecular weight is 245 g/mol. The molecule has 1 aromatic carbocycles. The van der Waals surface area contributed by atoms with Gasteiger partial charge in [-0.2, -0.15) is 13.6 Å². The van der Waals surface area contributed by atoms with Crippen LogP contribution in [0.4, 0.5) is 0 Å². The fourth-order valence-corrected chi connectivity index (χ4v) is 1.57. The van der Waals surface area contributed by atoms with Crippen LogP contribution >= 0.6 is 0 Å². The molecule has 2 N–H and O–H groups in total. The van der Waals surface area contributed by atoms with Crippen LogP contribution in [0.3, 0.4) is 0 Å². The number of hydrogen-bond acceptors (Lipinski definition) is 4. The number of hydrogen-bond donors (Lipinski definition) is 2. The van der Waals surface area contributed by atoms with Gasteiger partial charge in [0.1, 0.15) is 0 Å². The van der Waals surface area contributed by atoms with E-state index >= 15 is 0 Å². The largest absolute Gasteiger partial charge is 0.480 e. The number of carboxylic acid groups (broad SMARTS) is 1. The van der Waals surface area contributed by atoms with Gasteiger partial charge in [0.15, 0.2) is 6.04 Å². The van der Waals surface area contributed by atoms with Crippen molar-refractivity contribution in [3.63, 3.8) is 0 Å². The maximum Gasteiger partial charge on any atom is 0.327 e. The number of hydroxylamine groups is 2. The van der Waals surface area contributed by atoms with Crippen molar-refractivity contribution in [3.05, 3.63) is 35.9 Å². The lowest BCUT2D eigenvalue weighted by Gasteiger charge is -2.21. The number of likely N-dealkylation sites (N-methyl/N-ethyl adjacent to an activating group) is 1. The zero-order chi connectivity index (χ0) is 12.1. The van der Waals surface area contributed by atoms with Crippen molar-refractivity contribution in [1.82, 2.24) is 5.06 Å². The second kappa shape index (κ2) is 5.71. The predicted octanol–water partition coefficient (Wildman–Crippen LogP) is 0.812. The molecule has 16 heavy (non-hydrogen) atoms. The summed E-state index contributed by atoms with van der Waals surface area (Å²) in [4.78, 5) is 11.0. The summed E-state index contributed by atoms with van der Waals surface area (Å²) < 4.78 is 23.3. The molecule has 0 bridgehead atoms. The van der Waals surface area contributed by atoms with Gasteiger partial charge in [0.25, 0.3) is 0 Å². The second-order valence-electron chi connectivity index (χ2n) is 2.99. The third-order valence-corrected chi connectivity index (χ3v) is 2.26.